The second-order valence-electron chi connectivity index (χ2n) is 3.78. The molecule has 1 aromatic rings. The summed E-state index contributed by atoms with van der Waals surface area (Å²) in [6, 6.07) is 6.26. The molecule has 0 saturated carbocycles. The van der Waals surface area contributed by atoms with Crippen molar-refractivity contribution in [1.82, 2.24) is 5.32 Å². The number of hydrogen-bond acceptors (Lipinski definition) is 2. The molecule has 2 nitrogen and oxygen atoms in total. The van der Waals surface area contributed by atoms with Crippen LogP contribution in [0.4, 0.5) is 0 Å². The van der Waals surface area contributed by atoms with Crippen LogP contribution < -0.4 is 10.1 Å². The molecular weight excluding hydrogens is 206 g/mol. The topological polar surface area (TPSA) is 21.3 Å². The number of nitrogens with one attached hydrogen (secondary N) is 1. The van der Waals surface area contributed by atoms with Gasteiger partial charge in [0.1, 0.15) is 5.75 Å². The lowest BCUT2D eigenvalue weighted by Gasteiger charge is -2.16. The highest BCUT2D eigenvalue weighted by molar-refractivity contribution is 7.80. The van der Waals surface area contributed by atoms with E-state index in [1.54, 1.807) is 7.05 Å². The van der Waals surface area contributed by atoms with Gasteiger partial charge in [0.05, 0.1) is 0 Å². The molecule has 0 saturated heterocycles. The van der Waals surface area contributed by atoms with Crippen molar-refractivity contribution in [3.63, 3.8) is 0 Å². The van der Waals surface area contributed by atoms with Crippen LogP contribution in [-0.2, 0) is 12.8 Å². The van der Waals surface area contributed by atoms with Crippen LogP contribution in [0.25, 0.3) is 0 Å². The molecule has 80 valence electrons. The first kappa shape index (κ1) is 10.4. The molecule has 0 spiro atoms. The predicted molar refractivity (Wildman–Crippen MR) is 65.4 cm³/mol. The second-order valence-corrected chi connectivity index (χ2v) is 4.15. The summed E-state index contributed by atoms with van der Waals surface area (Å²) in [5, 5.41) is 3.22. The van der Waals surface area contributed by atoms with Gasteiger partial charge in [-0.1, -0.05) is 6.07 Å². The van der Waals surface area contributed by atoms with Gasteiger partial charge in [0.2, 0.25) is 0 Å². The number of rotatable bonds is 1. The van der Waals surface area contributed by atoms with Gasteiger partial charge in [0, 0.05) is 7.05 Å². The van der Waals surface area contributed by atoms with Crippen LogP contribution in [0.1, 0.15) is 24.0 Å². The van der Waals surface area contributed by atoms with E-state index in [4.69, 9.17) is 17.0 Å². The van der Waals surface area contributed by atoms with Crippen molar-refractivity contribution in [2.24, 2.45) is 0 Å². The Kier molecular flexibility index (Phi) is 3.21. The van der Waals surface area contributed by atoms with Crippen molar-refractivity contribution in [3.8, 4) is 5.75 Å². The van der Waals surface area contributed by atoms with E-state index < -0.39 is 0 Å². The van der Waals surface area contributed by atoms with Crippen molar-refractivity contribution >= 4 is 17.4 Å². The van der Waals surface area contributed by atoms with Gasteiger partial charge in [-0.25, -0.2) is 0 Å². The number of benzene rings is 1. The molecule has 1 aliphatic rings. The summed E-state index contributed by atoms with van der Waals surface area (Å²) in [5.74, 6) is 0.843. The highest BCUT2D eigenvalue weighted by Crippen LogP contribution is 2.25. The van der Waals surface area contributed by atoms with Gasteiger partial charge in [-0.05, 0) is 61.2 Å². The first-order valence-electron chi connectivity index (χ1n) is 5.31. The standard InChI is InChI=1S/C12H15NOS/c1-13-12(15)14-11-7-6-9-4-2-3-5-10(9)8-11/h6-8H,2-5H2,1H3,(H,13,15). The van der Waals surface area contributed by atoms with Crippen LogP contribution in [0.3, 0.4) is 0 Å². The van der Waals surface area contributed by atoms with Gasteiger partial charge >= 0.3 is 0 Å². The predicted octanol–water partition coefficient (Wildman–Crippen LogP) is 2.45. The Hall–Kier alpha value is -1.09. The summed E-state index contributed by atoms with van der Waals surface area (Å²) in [7, 11) is 1.76. The summed E-state index contributed by atoms with van der Waals surface area (Å²) in [5.41, 5.74) is 2.88. The second kappa shape index (κ2) is 4.62. The Bertz CT molecular complexity index is 376. The van der Waals surface area contributed by atoms with Crippen molar-refractivity contribution in [2.75, 3.05) is 7.05 Å². The third-order valence-electron chi connectivity index (χ3n) is 2.73. The minimum absolute atomic E-state index is 0.422. The molecule has 1 aromatic carbocycles. The van der Waals surface area contributed by atoms with Crippen LogP contribution >= 0.6 is 12.2 Å². The molecule has 0 bridgehead atoms. The third kappa shape index (κ3) is 2.48. The lowest BCUT2D eigenvalue weighted by atomic mass is 9.92. The van der Waals surface area contributed by atoms with Crippen molar-refractivity contribution in [3.05, 3.63) is 29.3 Å². The Labute approximate surface area is 95.6 Å². The van der Waals surface area contributed by atoms with Gasteiger partial charge < -0.3 is 10.1 Å². The molecule has 3 heteroatoms. The zero-order valence-corrected chi connectivity index (χ0v) is 9.69. The molecule has 0 heterocycles. The molecule has 2 rings (SSSR count). The minimum atomic E-state index is 0.422. The maximum atomic E-state index is 5.45. The fraction of sp³-hybridized carbons (Fsp3) is 0.417. The molecule has 0 fully saturated rings. The van der Waals surface area contributed by atoms with E-state index in [9.17, 15) is 0 Å². The third-order valence-corrected chi connectivity index (χ3v) is 3.02. The highest BCUT2D eigenvalue weighted by Gasteiger charge is 2.10. The SMILES string of the molecule is CNC(=S)Oc1ccc2c(c1)CCCC2. The van der Waals surface area contributed by atoms with Gasteiger partial charge in [-0.3, -0.25) is 0 Å². The van der Waals surface area contributed by atoms with E-state index in [2.05, 4.69) is 17.4 Å². The minimum Gasteiger partial charge on any atom is -0.432 e. The average Bonchev–Trinajstić information content (AvgIpc) is 2.29. The van der Waals surface area contributed by atoms with Gasteiger partial charge in [-0.15, -0.1) is 0 Å². The van der Waals surface area contributed by atoms with Crippen LogP contribution in [0.15, 0.2) is 18.2 Å². The number of aryl methyl sites for hydroxylation is 2. The lowest BCUT2D eigenvalue weighted by Crippen LogP contribution is -2.21. The highest BCUT2D eigenvalue weighted by atomic mass is 32.1. The van der Waals surface area contributed by atoms with Crippen LogP contribution in [0.2, 0.25) is 0 Å². The molecular formula is C12H15NOS. The maximum absolute atomic E-state index is 5.45. The van der Waals surface area contributed by atoms with Crippen molar-refractivity contribution in [1.29, 1.82) is 0 Å². The first-order valence-corrected chi connectivity index (χ1v) is 5.72. The molecule has 0 atom stereocenters. The number of ether oxygens (including phenoxy) is 1. The van der Waals surface area contributed by atoms with Crippen LogP contribution in [0.5, 0.6) is 5.75 Å². The van der Waals surface area contributed by atoms with E-state index in [0.29, 0.717) is 5.17 Å². The van der Waals surface area contributed by atoms with Crippen molar-refractivity contribution < 1.29 is 4.74 Å². The normalized spacial score (nSPS) is 14.2. The fourth-order valence-corrected chi connectivity index (χ4v) is 2.03. The fourth-order valence-electron chi connectivity index (χ4n) is 1.93. The van der Waals surface area contributed by atoms with Crippen LogP contribution in [-0.4, -0.2) is 12.2 Å². The molecule has 1 N–H and O–H groups in total. The van der Waals surface area contributed by atoms with E-state index in [0.717, 1.165) is 5.75 Å². The summed E-state index contributed by atoms with van der Waals surface area (Å²) >= 11 is 4.96. The summed E-state index contributed by atoms with van der Waals surface area (Å²) < 4.78 is 5.45. The Morgan fingerprint density at radius 3 is 2.73 bits per heavy atom. The number of hydrogen-bond donors (Lipinski definition) is 1. The maximum Gasteiger partial charge on any atom is 0.261 e. The molecule has 15 heavy (non-hydrogen) atoms. The summed E-state index contributed by atoms with van der Waals surface area (Å²) in [4.78, 5) is 0. The van der Waals surface area contributed by atoms with E-state index in [1.807, 2.05) is 6.07 Å². The largest absolute Gasteiger partial charge is 0.432 e. The molecule has 0 aliphatic heterocycles. The lowest BCUT2D eigenvalue weighted by molar-refractivity contribution is 0.538. The Morgan fingerprint density at radius 2 is 2.00 bits per heavy atom. The summed E-state index contributed by atoms with van der Waals surface area (Å²) in [6.07, 6.45) is 4.96. The Morgan fingerprint density at radius 1 is 1.27 bits per heavy atom. The van der Waals surface area contributed by atoms with Crippen LogP contribution in [0, 0.1) is 0 Å². The molecule has 0 radical (unpaired) electrons. The number of thiocarbonyl (C=S) groups is 1. The smallest absolute Gasteiger partial charge is 0.261 e. The van der Waals surface area contributed by atoms with Gasteiger partial charge in [0.25, 0.3) is 5.17 Å². The molecule has 0 amide bonds. The molecule has 0 unspecified atom stereocenters. The zero-order chi connectivity index (χ0) is 10.7. The first-order chi connectivity index (χ1) is 7.29. The number of fused-ring (bicyclic) bond motifs is 1. The monoisotopic (exact) mass is 221 g/mol. The molecule has 1 aliphatic carbocycles. The van der Waals surface area contributed by atoms with Gasteiger partial charge in [-0.2, -0.15) is 0 Å². The van der Waals surface area contributed by atoms with E-state index in [-0.39, 0.29) is 0 Å². The van der Waals surface area contributed by atoms with Crippen molar-refractivity contribution in [2.45, 2.75) is 25.7 Å². The molecule has 0 aromatic heterocycles. The summed E-state index contributed by atoms with van der Waals surface area (Å²) in [6.45, 7) is 0. The Balaban J connectivity index is 2.17. The average molecular weight is 221 g/mol. The quantitative estimate of drug-likeness (QED) is 0.736. The van der Waals surface area contributed by atoms with E-state index in [1.165, 1.54) is 36.8 Å². The van der Waals surface area contributed by atoms with Gasteiger partial charge in [0.15, 0.2) is 0 Å². The van der Waals surface area contributed by atoms with E-state index >= 15 is 0 Å². The zero-order valence-electron chi connectivity index (χ0n) is 8.88.